The molecule has 9 nitrogen and oxygen atoms in total. The minimum absolute atomic E-state index is 0.115. The van der Waals surface area contributed by atoms with Gasteiger partial charge in [-0.25, -0.2) is 0 Å². The fraction of sp³-hybridized carbons (Fsp3) is 0.747. The number of carbonyl (C=O) groups excluding carboxylic acids is 9. The number of rotatable bonds is 21. The smallest absolute Gasteiger partial charge is 0.211 e. The Hall–Kier alpha value is -1.38. The molecule has 7 heterocycles. The molecule has 1 aromatic carbocycles. The summed E-state index contributed by atoms with van der Waals surface area (Å²) in [5.41, 5.74) is 3.56. The van der Waals surface area contributed by atoms with E-state index in [1.54, 1.807) is 26.8 Å². The maximum atomic E-state index is 11.9. The van der Waals surface area contributed by atoms with E-state index in [1.807, 2.05) is 70.2 Å². The van der Waals surface area contributed by atoms with E-state index in [9.17, 15) is 43.2 Å². The maximum absolute atomic E-state index is 11.9. The van der Waals surface area contributed by atoms with Crippen molar-refractivity contribution in [3.8, 4) is 0 Å². The molecule has 0 N–H and O–H groups in total. The molecule has 101 heavy (non-hydrogen) atoms. The Morgan fingerprint density at radius 3 is 1.37 bits per heavy atom. The zero-order chi connectivity index (χ0) is 74.6. The van der Waals surface area contributed by atoms with Gasteiger partial charge in [0.1, 0.15) is 92.0 Å². The van der Waals surface area contributed by atoms with Crippen LogP contribution in [0, 0.1) is 10.8 Å². The molecule has 18 heteroatoms. The molecule has 0 amide bonds. The minimum atomic E-state index is -0.115. The summed E-state index contributed by atoms with van der Waals surface area (Å²) in [6.45, 7) is 19.6. The highest BCUT2D eigenvalue weighted by atomic mass is 32.2. The summed E-state index contributed by atoms with van der Waals surface area (Å²) in [4.78, 5) is 101. The summed E-state index contributed by atoms with van der Waals surface area (Å²) in [6.07, 6.45) is 42.8. The Balaban J connectivity index is 0.000000298. The molecule has 7 fully saturated rings. The number of benzene rings is 1. The molecule has 0 radical (unpaired) electrons. The average molecular weight is 1570 g/mol. The predicted molar refractivity (Wildman–Crippen MR) is 464 cm³/mol. The summed E-state index contributed by atoms with van der Waals surface area (Å²) in [5, 5.41) is 0.414. The molecular weight excluding hydrogens is 1430 g/mol. The third-order valence-corrected chi connectivity index (χ3v) is 39.2. The molecule has 572 valence electrons. The highest BCUT2D eigenvalue weighted by Gasteiger charge is 2.39. The number of ketones is 9. The highest BCUT2D eigenvalue weighted by molar-refractivity contribution is 7.99. The predicted octanol–water partition coefficient (Wildman–Crippen LogP) is 14.8. The van der Waals surface area contributed by atoms with Crippen molar-refractivity contribution in [2.45, 2.75) is 222 Å². The molecule has 3 aliphatic carbocycles. The lowest BCUT2D eigenvalue weighted by Crippen LogP contribution is -2.32. The van der Waals surface area contributed by atoms with Crippen LogP contribution in [0.15, 0.2) is 65.8 Å². The highest BCUT2D eigenvalue weighted by Crippen LogP contribution is 2.35. The van der Waals surface area contributed by atoms with Crippen LogP contribution in [0.1, 0.15) is 227 Å². The number of hydrogen-bond donors (Lipinski definition) is 0. The normalized spacial score (nSPS) is 21.2. The van der Waals surface area contributed by atoms with Crippen molar-refractivity contribution in [1.29, 1.82) is 0 Å². The lowest BCUT2D eigenvalue weighted by Gasteiger charge is -2.28. The minimum Gasteiger partial charge on any atom is -0.295 e. The van der Waals surface area contributed by atoms with Gasteiger partial charge in [0.25, 0.3) is 0 Å². The lowest BCUT2D eigenvalue weighted by molar-refractivity contribution is -0.123. The monoisotopic (exact) mass is 1570 g/mol. The van der Waals surface area contributed by atoms with Crippen LogP contribution < -0.4 is 0 Å². The van der Waals surface area contributed by atoms with Crippen molar-refractivity contribution >= 4 is 150 Å². The van der Waals surface area contributed by atoms with Crippen molar-refractivity contribution in [3.63, 3.8) is 0 Å². The van der Waals surface area contributed by atoms with Gasteiger partial charge < -0.3 is 0 Å². The van der Waals surface area contributed by atoms with E-state index in [0.717, 1.165) is 102 Å². The van der Waals surface area contributed by atoms with E-state index >= 15 is 0 Å². The second kappa shape index (κ2) is 54.2. The molecule has 1 aromatic rings. The van der Waals surface area contributed by atoms with Crippen LogP contribution in [0.4, 0.5) is 0 Å². The third kappa shape index (κ3) is 45.3. The van der Waals surface area contributed by atoms with Gasteiger partial charge >= 0.3 is 0 Å². The number of hydrogen-bond acceptors (Lipinski definition) is 9. The lowest BCUT2D eigenvalue weighted by atomic mass is 9.77. The summed E-state index contributed by atoms with van der Waals surface area (Å²) >= 11 is 0. The molecule has 10 aliphatic rings. The second-order valence-electron chi connectivity index (χ2n) is 30.7. The quantitative estimate of drug-likeness (QED) is 0.0864. The summed E-state index contributed by atoms with van der Waals surface area (Å²) in [7, 11) is 3.99. The van der Waals surface area contributed by atoms with Gasteiger partial charge in [0.2, 0.25) is 17.3 Å². The maximum Gasteiger partial charge on any atom is 0.211 e. The first kappa shape index (κ1) is 93.8. The van der Waals surface area contributed by atoms with E-state index in [1.165, 1.54) is 195 Å². The molecule has 0 spiro atoms. The largest absolute Gasteiger partial charge is 0.295 e. The van der Waals surface area contributed by atoms with Gasteiger partial charge in [-0.3, -0.25) is 43.2 Å². The van der Waals surface area contributed by atoms with Crippen LogP contribution in [0.2, 0.25) is 0 Å². The van der Waals surface area contributed by atoms with E-state index < -0.39 is 0 Å². The number of Topliss-reactive ketones (excluding diaryl/α,β-unsaturated/α-hetero) is 7. The summed E-state index contributed by atoms with van der Waals surface area (Å²) in [6, 6.07) is 9.66. The molecule has 7 aliphatic heterocycles. The van der Waals surface area contributed by atoms with Crippen molar-refractivity contribution < 1.29 is 43.2 Å². The molecule has 11 rings (SSSR count). The molecule has 0 aromatic heterocycles. The van der Waals surface area contributed by atoms with Gasteiger partial charge in [-0.15, -0.1) is 0 Å². The zero-order valence-corrected chi connectivity index (χ0v) is 73.0. The van der Waals surface area contributed by atoms with E-state index in [-0.39, 0.29) is 10.8 Å². The van der Waals surface area contributed by atoms with E-state index in [4.69, 9.17) is 0 Å². The van der Waals surface area contributed by atoms with Gasteiger partial charge in [0.15, 0.2) is 80.2 Å². The van der Waals surface area contributed by atoms with Crippen molar-refractivity contribution in [2.75, 3.05) is 151 Å². The van der Waals surface area contributed by atoms with Crippen LogP contribution in [-0.4, -0.2) is 208 Å². The number of allylic oxidation sites excluding steroid dienone is 5. The van der Waals surface area contributed by atoms with Crippen LogP contribution in [-0.2, 0) is 136 Å². The van der Waals surface area contributed by atoms with Gasteiger partial charge in [-0.05, 0) is 283 Å². The molecular formula is C83H141O9S9+9. The first-order chi connectivity index (χ1) is 48.1. The Morgan fingerprint density at radius 2 is 0.970 bits per heavy atom. The first-order valence-corrected chi connectivity index (χ1v) is 54.7. The van der Waals surface area contributed by atoms with Crippen molar-refractivity contribution in [3.05, 3.63) is 71.3 Å². The van der Waals surface area contributed by atoms with Crippen LogP contribution in [0.5, 0.6) is 0 Å². The van der Waals surface area contributed by atoms with Gasteiger partial charge in [-0.1, -0.05) is 84.0 Å². The van der Waals surface area contributed by atoms with Crippen LogP contribution in [0.3, 0.4) is 0 Å². The SMILES string of the molecule is CC(=O)C[S+](C)C.CC(=O)C[S+]1CCCC1.CC(C)(C)C(=O)C[S+]1CCCC1.CC1(C)CC(=O)C=C(C[S+]2CCCC2)C1.CCC(=O)C[S+]1CCCC1.CC[S+](C)CC(C)=O.O=C(C[S+]1CCCC1)C1=CCCCC1.O=C(C[S+]1CCCC1)c1ccccc1.O=C1C=CCCC1[S+]1CCCC1. The fourth-order valence-corrected chi connectivity index (χ4v) is 31.8. The Bertz CT molecular complexity index is 2680. The summed E-state index contributed by atoms with van der Waals surface area (Å²) < 4.78 is 0. The zero-order valence-electron chi connectivity index (χ0n) is 65.6. The number of carbonyl (C=O) groups is 9. The van der Waals surface area contributed by atoms with Gasteiger partial charge in [-0.2, -0.15) is 0 Å². The molecule has 2 unspecified atom stereocenters. The Morgan fingerprint density at radius 1 is 0.515 bits per heavy atom. The standard InChI is InChI=1S/C13H21OS.C12H19OS.C12H15OS.C10H15OS.C10H19OS.C8H15OS.C7H13OS.C6H13OS.C5H11OS/c1-13(2)8-11(7-12(14)9-13)10-15-5-3-4-6-15;2*13-12(10-14-8-4-5-9-14)11-6-2-1-3-7-11;11-9-5-1-2-6-10(9)12-7-3-4-8-12;1-10(2,3)9(11)8-12-6-4-5-7-12;1-2-8(9)7-10-5-3-4-6-10;1-7(8)6-9-4-2-3-5-9;1-4-8(3)5-6(2)7;1-5(6)4-7(2)3/h7H,3-6,8-10H2,1-2H3;6H,1-5,7-10H2;1-3,6-7H,4-5,8-10H2;1,5,10H,2-4,6-8H2;4-8H2,1-3H3;2-7H2,1H3;2-6H2,1H3;4-5H2,1-3H3;4H2,1-3H3/q9*+1. The molecule has 0 bridgehead atoms. The molecule has 2 atom stereocenters. The van der Waals surface area contributed by atoms with Gasteiger partial charge in [0.05, 0.1) is 18.8 Å². The molecule has 0 saturated carbocycles. The van der Waals surface area contributed by atoms with E-state index in [2.05, 4.69) is 45.6 Å². The summed E-state index contributed by atoms with van der Waals surface area (Å²) in [5.74, 6) is 30.1. The fourth-order valence-electron chi connectivity index (χ4n) is 13.1. The van der Waals surface area contributed by atoms with Gasteiger partial charge in [0, 0.05) is 30.2 Å². The van der Waals surface area contributed by atoms with Crippen molar-refractivity contribution in [2.24, 2.45) is 10.8 Å². The third-order valence-electron chi connectivity index (χ3n) is 18.7. The Labute approximate surface area is 643 Å². The molecule has 7 saturated heterocycles. The average Bonchev–Trinajstić information content (AvgIpc) is 1.82. The van der Waals surface area contributed by atoms with E-state index in [0.29, 0.717) is 155 Å². The Kier molecular flexibility index (Phi) is 50.4. The topological polar surface area (TPSA) is 154 Å². The first-order valence-electron chi connectivity index (χ1n) is 38.5. The van der Waals surface area contributed by atoms with Crippen LogP contribution >= 0.6 is 0 Å². The van der Waals surface area contributed by atoms with Crippen molar-refractivity contribution in [1.82, 2.24) is 0 Å². The van der Waals surface area contributed by atoms with Crippen LogP contribution in [0.25, 0.3) is 0 Å². The second-order valence-corrected chi connectivity index (χ2v) is 51.9.